The second-order valence-corrected chi connectivity index (χ2v) is 6.56. The van der Waals surface area contributed by atoms with Crippen molar-refractivity contribution in [2.75, 3.05) is 18.4 Å². The molecule has 2 aliphatic rings. The van der Waals surface area contributed by atoms with Gasteiger partial charge in [0.2, 0.25) is 5.91 Å². The molecule has 1 unspecified atom stereocenters. The highest BCUT2D eigenvalue weighted by Crippen LogP contribution is 2.32. The number of amides is 1. The maximum atomic E-state index is 12.4. The van der Waals surface area contributed by atoms with Crippen LogP contribution in [0.25, 0.3) is 0 Å². The molecule has 0 bridgehead atoms. The summed E-state index contributed by atoms with van der Waals surface area (Å²) in [5.41, 5.74) is 2.26. The van der Waals surface area contributed by atoms with Crippen LogP contribution in [-0.4, -0.2) is 19.0 Å². The van der Waals surface area contributed by atoms with E-state index in [0.717, 1.165) is 30.3 Å². The summed E-state index contributed by atoms with van der Waals surface area (Å²) in [4.78, 5) is 12.4. The first-order valence-electron chi connectivity index (χ1n) is 8.38. The third-order valence-electron chi connectivity index (χ3n) is 5.26. The SMILES string of the molecule is CCC1CCC(CNC(=O)C2CNc3ccccc32)CC1. The summed E-state index contributed by atoms with van der Waals surface area (Å²) in [6.07, 6.45) is 6.54. The van der Waals surface area contributed by atoms with Gasteiger partial charge < -0.3 is 10.6 Å². The molecule has 1 heterocycles. The average molecular weight is 286 g/mol. The molecule has 2 N–H and O–H groups in total. The lowest BCUT2D eigenvalue weighted by Gasteiger charge is -2.28. The summed E-state index contributed by atoms with van der Waals surface area (Å²) in [5, 5.41) is 6.51. The van der Waals surface area contributed by atoms with Crippen molar-refractivity contribution < 1.29 is 4.79 Å². The number of fused-ring (bicyclic) bond motifs is 1. The van der Waals surface area contributed by atoms with Gasteiger partial charge in [-0.1, -0.05) is 44.4 Å². The van der Waals surface area contributed by atoms with Crippen molar-refractivity contribution in [2.45, 2.75) is 44.9 Å². The van der Waals surface area contributed by atoms with Gasteiger partial charge in [-0.15, -0.1) is 0 Å². The molecule has 0 saturated heterocycles. The number of hydrogen-bond acceptors (Lipinski definition) is 2. The maximum Gasteiger partial charge on any atom is 0.229 e. The van der Waals surface area contributed by atoms with Gasteiger partial charge >= 0.3 is 0 Å². The minimum Gasteiger partial charge on any atom is -0.384 e. The third kappa shape index (κ3) is 3.22. The van der Waals surface area contributed by atoms with Crippen molar-refractivity contribution in [3.05, 3.63) is 29.8 Å². The van der Waals surface area contributed by atoms with Crippen LogP contribution in [0.2, 0.25) is 0 Å². The Morgan fingerprint density at radius 2 is 1.90 bits per heavy atom. The van der Waals surface area contributed by atoms with Gasteiger partial charge in [-0.2, -0.15) is 0 Å². The fraction of sp³-hybridized carbons (Fsp3) is 0.611. The Balaban J connectivity index is 1.50. The molecule has 3 nitrogen and oxygen atoms in total. The Labute approximate surface area is 127 Å². The number of carbonyl (C=O) groups excluding carboxylic acids is 1. The number of rotatable bonds is 4. The first-order valence-corrected chi connectivity index (χ1v) is 8.38. The lowest BCUT2D eigenvalue weighted by Crippen LogP contribution is -2.35. The molecular formula is C18H26N2O. The van der Waals surface area contributed by atoms with E-state index in [1.54, 1.807) is 0 Å². The maximum absolute atomic E-state index is 12.4. The van der Waals surface area contributed by atoms with Gasteiger partial charge in [0.1, 0.15) is 0 Å². The molecule has 114 valence electrons. The molecule has 0 radical (unpaired) electrons. The van der Waals surface area contributed by atoms with Gasteiger partial charge in [-0.3, -0.25) is 4.79 Å². The predicted molar refractivity (Wildman–Crippen MR) is 86.4 cm³/mol. The highest BCUT2D eigenvalue weighted by molar-refractivity contribution is 5.88. The molecule has 1 aromatic rings. The molecule has 0 aromatic heterocycles. The van der Waals surface area contributed by atoms with Crippen LogP contribution in [0.15, 0.2) is 24.3 Å². The number of carbonyl (C=O) groups is 1. The third-order valence-corrected chi connectivity index (χ3v) is 5.26. The Morgan fingerprint density at radius 1 is 1.19 bits per heavy atom. The molecule has 3 rings (SSSR count). The van der Waals surface area contributed by atoms with E-state index in [0.29, 0.717) is 5.92 Å². The normalized spacial score (nSPS) is 27.8. The number of hydrogen-bond donors (Lipinski definition) is 2. The van der Waals surface area contributed by atoms with Crippen LogP contribution in [0.3, 0.4) is 0 Å². The van der Waals surface area contributed by atoms with Crippen LogP contribution < -0.4 is 10.6 Å². The minimum atomic E-state index is -0.0202. The predicted octanol–water partition coefficient (Wildman–Crippen LogP) is 3.53. The summed E-state index contributed by atoms with van der Waals surface area (Å²) >= 11 is 0. The van der Waals surface area contributed by atoms with Gasteiger partial charge in [-0.05, 0) is 36.3 Å². The zero-order valence-corrected chi connectivity index (χ0v) is 12.9. The van der Waals surface area contributed by atoms with Crippen molar-refractivity contribution in [1.82, 2.24) is 5.32 Å². The fourth-order valence-corrected chi connectivity index (χ4v) is 3.73. The van der Waals surface area contributed by atoms with Crippen molar-refractivity contribution in [3.8, 4) is 0 Å². The van der Waals surface area contributed by atoms with E-state index >= 15 is 0 Å². The minimum absolute atomic E-state index is 0.0202. The molecule has 1 aromatic carbocycles. The lowest BCUT2D eigenvalue weighted by atomic mass is 9.81. The van der Waals surface area contributed by atoms with Crippen molar-refractivity contribution in [3.63, 3.8) is 0 Å². The summed E-state index contributed by atoms with van der Waals surface area (Å²) in [6, 6.07) is 8.14. The average Bonchev–Trinajstić information content (AvgIpc) is 2.97. The van der Waals surface area contributed by atoms with E-state index in [-0.39, 0.29) is 11.8 Å². The molecule has 21 heavy (non-hydrogen) atoms. The van der Waals surface area contributed by atoms with E-state index in [2.05, 4.69) is 29.7 Å². The van der Waals surface area contributed by atoms with Crippen LogP contribution in [0.4, 0.5) is 5.69 Å². The summed E-state index contributed by atoms with van der Waals surface area (Å²) < 4.78 is 0. The number of benzene rings is 1. The summed E-state index contributed by atoms with van der Waals surface area (Å²) in [5.74, 6) is 1.77. The highest BCUT2D eigenvalue weighted by Gasteiger charge is 2.28. The molecule has 1 aliphatic carbocycles. The largest absolute Gasteiger partial charge is 0.384 e. The van der Waals surface area contributed by atoms with Crippen molar-refractivity contribution in [2.24, 2.45) is 11.8 Å². The van der Waals surface area contributed by atoms with E-state index in [1.807, 2.05) is 12.1 Å². The molecule has 1 fully saturated rings. The van der Waals surface area contributed by atoms with Crippen LogP contribution in [0.1, 0.15) is 50.5 Å². The van der Waals surface area contributed by atoms with E-state index < -0.39 is 0 Å². The van der Waals surface area contributed by atoms with Crippen LogP contribution >= 0.6 is 0 Å². The first kappa shape index (κ1) is 14.4. The van der Waals surface area contributed by atoms with Gasteiger partial charge in [0.25, 0.3) is 0 Å². The number of nitrogens with one attached hydrogen (secondary N) is 2. The monoisotopic (exact) mass is 286 g/mol. The number of anilines is 1. The summed E-state index contributed by atoms with van der Waals surface area (Å²) in [7, 11) is 0. The van der Waals surface area contributed by atoms with Crippen LogP contribution in [-0.2, 0) is 4.79 Å². The van der Waals surface area contributed by atoms with Gasteiger partial charge in [-0.25, -0.2) is 0 Å². The Morgan fingerprint density at radius 3 is 2.67 bits per heavy atom. The second-order valence-electron chi connectivity index (χ2n) is 6.56. The van der Waals surface area contributed by atoms with Crippen molar-refractivity contribution in [1.29, 1.82) is 0 Å². The Bertz CT molecular complexity index is 492. The lowest BCUT2D eigenvalue weighted by molar-refractivity contribution is -0.122. The fourth-order valence-electron chi connectivity index (χ4n) is 3.73. The van der Waals surface area contributed by atoms with E-state index in [9.17, 15) is 4.79 Å². The Kier molecular flexibility index (Phi) is 4.47. The van der Waals surface area contributed by atoms with Crippen molar-refractivity contribution >= 4 is 11.6 Å². The first-order chi connectivity index (χ1) is 10.3. The molecule has 1 amide bonds. The molecule has 0 spiro atoms. The summed E-state index contributed by atoms with van der Waals surface area (Å²) in [6.45, 7) is 3.87. The molecular weight excluding hydrogens is 260 g/mol. The van der Waals surface area contributed by atoms with E-state index in [4.69, 9.17) is 0 Å². The zero-order chi connectivity index (χ0) is 14.7. The van der Waals surface area contributed by atoms with Crippen LogP contribution in [0, 0.1) is 11.8 Å². The Hall–Kier alpha value is -1.51. The quantitative estimate of drug-likeness (QED) is 0.889. The number of para-hydroxylation sites is 1. The van der Waals surface area contributed by atoms with Gasteiger partial charge in [0, 0.05) is 18.8 Å². The molecule has 3 heteroatoms. The smallest absolute Gasteiger partial charge is 0.229 e. The standard InChI is InChI=1S/C18H26N2O/c1-2-13-7-9-14(10-8-13)11-20-18(21)16-12-19-17-6-4-3-5-15(16)17/h3-6,13-14,16,19H,2,7-12H2,1H3,(H,20,21). The van der Waals surface area contributed by atoms with Crippen LogP contribution in [0.5, 0.6) is 0 Å². The van der Waals surface area contributed by atoms with Gasteiger partial charge in [0.15, 0.2) is 0 Å². The second kappa shape index (κ2) is 6.50. The highest BCUT2D eigenvalue weighted by atomic mass is 16.1. The zero-order valence-electron chi connectivity index (χ0n) is 12.9. The van der Waals surface area contributed by atoms with Gasteiger partial charge in [0.05, 0.1) is 5.92 Å². The topological polar surface area (TPSA) is 41.1 Å². The molecule has 1 atom stereocenters. The molecule has 1 aliphatic heterocycles. The van der Waals surface area contributed by atoms with E-state index in [1.165, 1.54) is 32.1 Å². The molecule has 1 saturated carbocycles.